The number of amides is 1. The lowest BCUT2D eigenvalue weighted by molar-refractivity contribution is 0.0935. The first kappa shape index (κ1) is 13.6. The Balaban J connectivity index is 1.39. The molecule has 0 unspecified atom stereocenters. The zero-order chi connectivity index (χ0) is 15.1. The molecule has 116 valence electrons. The van der Waals surface area contributed by atoms with E-state index in [4.69, 9.17) is 0 Å². The summed E-state index contributed by atoms with van der Waals surface area (Å²) in [6.45, 7) is 4.87. The molecule has 2 aliphatic rings. The first-order valence-electron chi connectivity index (χ1n) is 7.91. The average molecular weight is 300 g/mol. The topological polar surface area (TPSA) is 75.4 Å². The second kappa shape index (κ2) is 5.31. The van der Waals surface area contributed by atoms with Gasteiger partial charge in [0.15, 0.2) is 0 Å². The Bertz CT molecular complexity index is 707. The van der Waals surface area contributed by atoms with Crippen molar-refractivity contribution >= 4 is 11.7 Å². The van der Waals surface area contributed by atoms with E-state index in [1.165, 1.54) is 19.4 Å². The number of hydrogen-bond donors (Lipinski definition) is 1. The van der Waals surface area contributed by atoms with Crippen LogP contribution in [0.1, 0.15) is 35.6 Å². The van der Waals surface area contributed by atoms with Crippen molar-refractivity contribution in [3.8, 4) is 0 Å². The normalized spacial score (nSPS) is 22.3. The lowest BCUT2D eigenvalue weighted by atomic mass is 10.1. The van der Waals surface area contributed by atoms with Crippen LogP contribution >= 0.6 is 0 Å². The Morgan fingerprint density at radius 3 is 3.05 bits per heavy atom. The summed E-state index contributed by atoms with van der Waals surface area (Å²) >= 11 is 0. The van der Waals surface area contributed by atoms with Gasteiger partial charge in [-0.05, 0) is 44.7 Å². The highest BCUT2D eigenvalue weighted by molar-refractivity contribution is 5.91. The highest BCUT2D eigenvalue weighted by Crippen LogP contribution is 2.31. The highest BCUT2D eigenvalue weighted by atomic mass is 16.2. The van der Waals surface area contributed by atoms with E-state index in [0.29, 0.717) is 24.1 Å². The number of aryl methyl sites for hydroxylation is 1. The molecule has 0 bridgehead atoms. The molecule has 4 rings (SSSR count). The van der Waals surface area contributed by atoms with Gasteiger partial charge in [-0.15, -0.1) is 10.2 Å². The molecule has 1 saturated carbocycles. The van der Waals surface area contributed by atoms with E-state index in [-0.39, 0.29) is 5.91 Å². The van der Waals surface area contributed by atoms with Gasteiger partial charge in [-0.3, -0.25) is 9.20 Å². The van der Waals surface area contributed by atoms with Crippen LogP contribution in [0.5, 0.6) is 0 Å². The standard InChI is InChI=1S/C15H20N6O/c1-10-4-7-21-13(18-19-15(21)17-10)14(22)16-8-11-5-6-20(9-11)12-2-3-12/h4,7,11-12H,2-3,5-6,8-9H2,1H3,(H,16,22)/t11-/m0/s1. The molecule has 0 aromatic carbocycles. The molecule has 3 heterocycles. The van der Waals surface area contributed by atoms with Gasteiger partial charge in [0.1, 0.15) is 0 Å². The fraction of sp³-hybridized carbons (Fsp3) is 0.600. The van der Waals surface area contributed by atoms with Crippen molar-refractivity contribution in [2.24, 2.45) is 5.92 Å². The van der Waals surface area contributed by atoms with E-state index in [0.717, 1.165) is 24.7 Å². The number of hydrogen-bond acceptors (Lipinski definition) is 5. The maximum absolute atomic E-state index is 12.3. The van der Waals surface area contributed by atoms with Crippen molar-refractivity contribution in [3.63, 3.8) is 0 Å². The summed E-state index contributed by atoms with van der Waals surface area (Å²) in [5, 5.41) is 10.9. The Labute approximate surface area is 128 Å². The molecular weight excluding hydrogens is 280 g/mol. The van der Waals surface area contributed by atoms with Gasteiger partial charge in [0, 0.05) is 31.0 Å². The Morgan fingerprint density at radius 2 is 2.23 bits per heavy atom. The van der Waals surface area contributed by atoms with Crippen LogP contribution < -0.4 is 5.32 Å². The molecule has 22 heavy (non-hydrogen) atoms. The molecule has 0 spiro atoms. The van der Waals surface area contributed by atoms with Crippen LogP contribution in [-0.2, 0) is 0 Å². The number of carbonyl (C=O) groups is 1. The molecule has 1 amide bonds. The summed E-state index contributed by atoms with van der Waals surface area (Å²) in [4.78, 5) is 19.1. The van der Waals surface area contributed by atoms with Gasteiger partial charge >= 0.3 is 0 Å². The lowest BCUT2D eigenvalue weighted by Crippen LogP contribution is -2.32. The van der Waals surface area contributed by atoms with Crippen LogP contribution in [-0.4, -0.2) is 56.1 Å². The molecule has 2 fully saturated rings. The van der Waals surface area contributed by atoms with Crippen LogP contribution in [0, 0.1) is 12.8 Å². The molecule has 1 aliphatic carbocycles. The molecule has 7 heteroatoms. The second-order valence-electron chi connectivity index (χ2n) is 6.35. The van der Waals surface area contributed by atoms with Crippen molar-refractivity contribution in [2.45, 2.75) is 32.2 Å². The van der Waals surface area contributed by atoms with Crippen LogP contribution in [0.15, 0.2) is 12.3 Å². The maximum atomic E-state index is 12.3. The predicted molar refractivity (Wildman–Crippen MR) is 80.6 cm³/mol. The fourth-order valence-corrected chi connectivity index (χ4v) is 3.15. The van der Waals surface area contributed by atoms with Gasteiger partial charge in [0.2, 0.25) is 5.82 Å². The minimum atomic E-state index is -0.178. The second-order valence-corrected chi connectivity index (χ2v) is 6.35. The number of nitrogens with one attached hydrogen (secondary N) is 1. The van der Waals surface area contributed by atoms with Gasteiger partial charge in [-0.1, -0.05) is 0 Å². The monoisotopic (exact) mass is 300 g/mol. The Hall–Kier alpha value is -2.02. The van der Waals surface area contributed by atoms with Crippen LogP contribution in [0.2, 0.25) is 0 Å². The molecule has 2 aromatic heterocycles. The van der Waals surface area contributed by atoms with Gasteiger partial charge in [-0.25, -0.2) is 4.98 Å². The van der Waals surface area contributed by atoms with Crippen molar-refractivity contribution in [2.75, 3.05) is 19.6 Å². The number of carbonyl (C=O) groups excluding carboxylic acids is 1. The minimum Gasteiger partial charge on any atom is -0.349 e. The third-order valence-corrected chi connectivity index (χ3v) is 4.55. The largest absolute Gasteiger partial charge is 0.349 e. The third-order valence-electron chi connectivity index (χ3n) is 4.55. The summed E-state index contributed by atoms with van der Waals surface area (Å²) in [7, 11) is 0. The Kier molecular flexibility index (Phi) is 3.29. The fourth-order valence-electron chi connectivity index (χ4n) is 3.15. The van der Waals surface area contributed by atoms with Crippen LogP contribution in [0.25, 0.3) is 5.78 Å². The number of fused-ring (bicyclic) bond motifs is 1. The van der Waals surface area contributed by atoms with Gasteiger partial charge in [0.05, 0.1) is 0 Å². The summed E-state index contributed by atoms with van der Waals surface area (Å²) < 4.78 is 1.63. The van der Waals surface area contributed by atoms with Crippen LogP contribution in [0.3, 0.4) is 0 Å². The molecular formula is C15H20N6O. The molecule has 0 radical (unpaired) electrons. The van der Waals surface area contributed by atoms with E-state index in [1.807, 2.05) is 13.0 Å². The quantitative estimate of drug-likeness (QED) is 0.897. The van der Waals surface area contributed by atoms with Gasteiger partial charge < -0.3 is 10.2 Å². The summed E-state index contributed by atoms with van der Waals surface area (Å²) in [5.41, 5.74) is 0.859. The average Bonchev–Trinajstić information content (AvgIpc) is 3.10. The van der Waals surface area contributed by atoms with E-state index < -0.39 is 0 Å². The lowest BCUT2D eigenvalue weighted by Gasteiger charge is -2.14. The number of likely N-dealkylation sites (tertiary alicyclic amines) is 1. The summed E-state index contributed by atoms with van der Waals surface area (Å²) in [6.07, 6.45) is 5.64. The molecule has 1 atom stereocenters. The van der Waals surface area contributed by atoms with E-state index >= 15 is 0 Å². The van der Waals surface area contributed by atoms with E-state index in [2.05, 4.69) is 25.4 Å². The van der Waals surface area contributed by atoms with E-state index in [9.17, 15) is 4.79 Å². The predicted octanol–water partition coefficient (Wildman–Crippen LogP) is 0.647. The smallest absolute Gasteiger partial charge is 0.289 e. The molecule has 1 aliphatic heterocycles. The van der Waals surface area contributed by atoms with Gasteiger partial charge in [0.25, 0.3) is 11.7 Å². The Morgan fingerprint density at radius 1 is 1.36 bits per heavy atom. The SMILES string of the molecule is Cc1ccn2c(C(=O)NC[C@@H]3CCN(C4CC4)C3)nnc2n1. The molecule has 7 nitrogen and oxygen atoms in total. The van der Waals surface area contributed by atoms with E-state index in [1.54, 1.807) is 10.6 Å². The molecule has 1 N–H and O–H groups in total. The van der Waals surface area contributed by atoms with Gasteiger partial charge in [-0.2, -0.15) is 0 Å². The molecule has 1 saturated heterocycles. The van der Waals surface area contributed by atoms with Crippen molar-refractivity contribution < 1.29 is 4.79 Å². The minimum absolute atomic E-state index is 0.178. The summed E-state index contributed by atoms with van der Waals surface area (Å²) in [6, 6.07) is 2.66. The first-order valence-corrected chi connectivity index (χ1v) is 7.91. The first-order chi connectivity index (χ1) is 10.7. The zero-order valence-corrected chi connectivity index (χ0v) is 12.7. The van der Waals surface area contributed by atoms with Crippen molar-refractivity contribution in [1.29, 1.82) is 0 Å². The van der Waals surface area contributed by atoms with Crippen molar-refractivity contribution in [1.82, 2.24) is 29.8 Å². The third kappa shape index (κ3) is 2.56. The maximum Gasteiger partial charge on any atom is 0.289 e. The zero-order valence-electron chi connectivity index (χ0n) is 12.7. The number of nitrogens with zero attached hydrogens (tertiary/aromatic N) is 5. The summed E-state index contributed by atoms with van der Waals surface area (Å²) in [5.74, 6) is 1.14. The van der Waals surface area contributed by atoms with Crippen LogP contribution in [0.4, 0.5) is 0 Å². The molecule has 2 aromatic rings. The highest BCUT2D eigenvalue weighted by Gasteiger charge is 2.34. The van der Waals surface area contributed by atoms with Crippen molar-refractivity contribution in [3.05, 3.63) is 23.8 Å². The number of aromatic nitrogens is 4. The number of rotatable bonds is 4.